The maximum absolute atomic E-state index is 6.58. The maximum atomic E-state index is 6.58. The van der Waals surface area contributed by atoms with Gasteiger partial charge in [0.15, 0.2) is 0 Å². The van der Waals surface area contributed by atoms with Crippen LogP contribution in [-0.2, 0) is 23.4 Å². The fraction of sp³-hybridized carbons (Fsp3) is 0.417. The molecule has 10 heteroatoms. The van der Waals surface area contributed by atoms with Crippen LogP contribution in [0.5, 0.6) is 0 Å². The molecule has 1 aliphatic rings. The highest BCUT2D eigenvalue weighted by Gasteiger charge is 2.52. The number of hydrogen-bond acceptors (Lipinski definition) is 4. The zero-order valence-electron chi connectivity index (χ0n) is 20.6. The number of nitrogens with zero attached hydrogens (tertiary/aromatic N) is 4. The third kappa shape index (κ3) is 4.39. The molecule has 4 aromatic rings. The third-order valence-electron chi connectivity index (χ3n) is 6.56. The van der Waals surface area contributed by atoms with Crippen LogP contribution in [0.1, 0.15) is 38.8 Å². The van der Waals surface area contributed by atoms with E-state index in [1.807, 2.05) is 80.2 Å². The topological polar surface area (TPSA) is 54.1 Å². The summed E-state index contributed by atoms with van der Waals surface area (Å²) in [4.78, 5) is 0. The first-order chi connectivity index (χ1) is 15.7. The van der Waals surface area contributed by atoms with Crippen LogP contribution in [0.15, 0.2) is 29.0 Å². The monoisotopic (exact) mass is 564 g/mol. The van der Waals surface area contributed by atoms with Gasteiger partial charge in [-0.25, -0.2) is 0 Å². The molecule has 0 aliphatic carbocycles. The predicted octanol–water partition coefficient (Wildman–Crippen LogP) is 6.13. The van der Waals surface area contributed by atoms with Crippen molar-refractivity contribution < 1.29 is 9.31 Å². The second kappa shape index (κ2) is 8.82. The van der Waals surface area contributed by atoms with Crippen molar-refractivity contribution in [3.05, 3.63) is 50.2 Å². The Hall–Kier alpha value is -1.58. The van der Waals surface area contributed by atoms with E-state index in [2.05, 4.69) is 26.1 Å². The Morgan fingerprint density at radius 2 is 1.26 bits per heavy atom. The van der Waals surface area contributed by atoms with Gasteiger partial charge >= 0.3 is 7.12 Å². The summed E-state index contributed by atoms with van der Waals surface area (Å²) in [6, 6.07) is 4.00. The quantitative estimate of drug-likeness (QED) is 0.260. The molecule has 180 valence electrons. The Kier molecular flexibility index (Phi) is 6.62. The normalized spacial score (nSPS) is 16.9. The zero-order chi connectivity index (χ0) is 25.2. The van der Waals surface area contributed by atoms with Crippen LogP contribution in [0.2, 0.25) is 10.0 Å². The van der Waals surface area contributed by atoms with E-state index in [1.54, 1.807) is 9.36 Å². The molecule has 0 bridgehead atoms. The highest BCUT2D eigenvalue weighted by atomic mass is 79.9. The second-order valence-electron chi connectivity index (χ2n) is 9.80. The minimum atomic E-state index is -0.453. The smallest absolute Gasteiger partial charge is 0.399 e. The SMILES string of the molecule is Cc1cc(B2OC(C)(C)C(C)(C)O2)c(Cl)c2cn(C)nc12.Cc1cc(Br)c(Cl)c2cn(C)nc12. The lowest BCUT2D eigenvalue weighted by Gasteiger charge is -2.32. The second-order valence-corrected chi connectivity index (χ2v) is 11.4. The molecule has 1 aliphatic heterocycles. The molecule has 3 heterocycles. The fourth-order valence-electron chi connectivity index (χ4n) is 3.99. The van der Waals surface area contributed by atoms with E-state index < -0.39 is 7.12 Å². The number of hydrogen-bond donors (Lipinski definition) is 0. The first-order valence-electron chi connectivity index (χ1n) is 11.0. The largest absolute Gasteiger partial charge is 0.496 e. The Labute approximate surface area is 218 Å². The molecule has 0 unspecified atom stereocenters. The van der Waals surface area contributed by atoms with Crippen LogP contribution >= 0.6 is 39.1 Å². The Morgan fingerprint density at radius 3 is 1.76 bits per heavy atom. The molecular formula is C24H28BBrCl2N4O2. The Morgan fingerprint density at radius 1 is 0.824 bits per heavy atom. The average molecular weight is 566 g/mol. The molecule has 2 aromatic carbocycles. The average Bonchev–Trinajstić information content (AvgIpc) is 3.37. The summed E-state index contributed by atoms with van der Waals surface area (Å²) in [5.74, 6) is 0. The molecule has 0 saturated carbocycles. The third-order valence-corrected chi connectivity index (χ3v) is 8.25. The summed E-state index contributed by atoms with van der Waals surface area (Å²) in [5, 5.41) is 12.1. The van der Waals surface area contributed by atoms with Crippen molar-refractivity contribution in [1.82, 2.24) is 19.6 Å². The maximum Gasteiger partial charge on any atom is 0.496 e. The summed E-state index contributed by atoms with van der Waals surface area (Å²) in [7, 11) is 3.33. The van der Waals surface area contributed by atoms with Gasteiger partial charge in [0.1, 0.15) is 0 Å². The van der Waals surface area contributed by atoms with Gasteiger partial charge in [0.2, 0.25) is 0 Å². The van der Waals surface area contributed by atoms with Crippen molar-refractivity contribution in [3.63, 3.8) is 0 Å². The lowest BCUT2D eigenvalue weighted by molar-refractivity contribution is 0.00578. The van der Waals surface area contributed by atoms with Crippen LogP contribution in [0, 0.1) is 13.8 Å². The van der Waals surface area contributed by atoms with Crippen LogP contribution in [0.25, 0.3) is 21.8 Å². The number of rotatable bonds is 1. The molecule has 0 spiro atoms. The summed E-state index contributed by atoms with van der Waals surface area (Å²) >= 11 is 16.1. The van der Waals surface area contributed by atoms with Crippen LogP contribution < -0.4 is 5.46 Å². The molecule has 34 heavy (non-hydrogen) atoms. The van der Waals surface area contributed by atoms with Crippen molar-refractivity contribution in [2.45, 2.75) is 52.7 Å². The predicted molar refractivity (Wildman–Crippen MR) is 144 cm³/mol. The van der Waals surface area contributed by atoms with Crippen molar-refractivity contribution >= 4 is 73.5 Å². The highest BCUT2D eigenvalue weighted by Crippen LogP contribution is 2.38. The zero-order valence-corrected chi connectivity index (χ0v) is 23.7. The highest BCUT2D eigenvalue weighted by molar-refractivity contribution is 9.10. The van der Waals surface area contributed by atoms with Gasteiger partial charge < -0.3 is 9.31 Å². The van der Waals surface area contributed by atoms with Crippen LogP contribution in [-0.4, -0.2) is 37.9 Å². The van der Waals surface area contributed by atoms with E-state index in [1.165, 1.54) is 0 Å². The van der Waals surface area contributed by atoms with Gasteiger partial charge in [-0.15, -0.1) is 0 Å². The molecular weight excluding hydrogens is 538 g/mol. The van der Waals surface area contributed by atoms with Gasteiger partial charge in [-0.2, -0.15) is 10.2 Å². The van der Waals surface area contributed by atoms with Gasteiger partial charge in [0.05, 0.1) is 32.3 Å². The number of fused-ring (bicyclic) bond motifs is 2. The molecule has 2 aromatic heterocycles. The van der Waals surface area contributed by atoms with Crippen LogP contribution in [0.3, 0.4) is 0 Å². The molecule has 6 nitrogen and oxygen atoms in total. The van der Waals surface area contributed by atoms with Crippen molar-refractivity contribution in [1.29, 1.82) is 0 Å². The summed E-state index contributed by atoms with van der Waals surface area (Å²) in [5.41, 5.74) is 4.20. The molecule has 0 N–H and O–H groups in total. The number of aryl methyl sites for hydroxylation is 4. The van der Waals surface area contributed by atoms with Crippen molar-refractivity contribution in [3.8, 4) is 0 Å². The van der Waals surface area contributed by atoms with Gasteiger partial charge in [-0.3, -0.25) is 9.36 Å². The first kappa shape index (κ1) is 25.5. The molecule has 1 saturated heterocycles. The molecule has 0 atom stereocenters. The van der Waals surface area contributed by atoms with E-state index >= 15 is 0 Å². The van der Waals surface area contributed by atoms with E-state index in [9.17, 15) is 0 Å². The molecule has 0 amide bonds. The lowest BCUT2D eigenvalue weighted by atomic mass is 9.77. The Balaban J connectivity index is 0.000000180. The van der Waals surface area contributed by atoms with Gasteiger partial charge in [0.25, 0.3) is 0 Å². The minimum absolute atomic E-state index is 0.376. The standard InChI is InChI=1S/C15H20BClN2O2.C9H8BrClN2/c1-9-7-11(12(17)10-8-19(6)18-13(9)10)16-20-14(2,3)15(4,5)21-16;1-5-3-7(10)8(11)6-4-13(2)12-9(5)6/h7-8H,1-6H3;3-4H,1-2H3. The molecule has 5 rings (SSSR count). The van der Waals surface area contributed by atoms with Gasteiger partial charge in [-0.1, -0.05) is 29.3 Å². The van der Waals surface area contributed by atoms with E-state index in [-0.39, 0.29) is 11.2 Å². The van der Waals surface area contributed by atoms with Crippen molar-refractivity contribution in [2.24, 2.45) is 14.1 Å². The number of halogens is 3. The Bertz CT molecular complexity index is 1400. The van der Waals surface area contributed by atoms with E-state index in [0.717, 1.165) is 47.9 Å². The summed E-state index contributed by atoms with van der Waals surface area (Å²) < 4.78 is 16.7. The lowest BCUT2D eigenvalue weighted by Crippen LogP contribution is -2.41. The number of aromatic nitrogens is 4. The summed E-state index contributed by atoms with van der Waals surface area (Å²) in [6.07, 6.45) is 3.86. The first-order valence-corrected chi connectivity index (χ1v) is 12.5. The molecule has 0 radical (unpaired) electrons. The van der Waals surface area contributed by atoms with Gasteiger partial charge in [-0.05, 0) is 74.7 Å². The fourth-order valence-corrected chi connectivity index (χ4v) is 5.02. The number of benzene rings is 2. The van der Waals surface area contributed by atoms with E-state index in [0.29, 0.717) is 5.02 Å². The van der Waals surface area contributed by atoms with Crippen LogP contribution in [0.4, 0.5) is 0 Å². The summed E-state index contributed by atoms with van der Waals surface area (Å²) in [6.45, 7) is 12.2. The minimum Gasteiger partial charge on any atom is -0.399 e. The van der Waals surface area contributed by atoms with Crippen molar-refractivity contribution in [2.75, 3.05) is 0 Å². The van der Waals surface area contributed by atoms with E-state index in [4.69, 9.17) is 32.5 Å². The molecule has 1 fully saturated rings. The van der Waals surface area contributed by atoms with Gasteiger partial charge in [0, 0.05) is 47.2 Å².